The van der Waals surface area contributed by atoms with Crippen molar-refractivity contribution in [3.8, 4) is 0 Å². The second-order valence-corrected chi connectivity index (χ2v) is 6.76. The summed E-state index contributed by atoms with van der Waals surface area (Å²) >= 11 is 5.39. The van der Waals surface area contributed by atoms with E-state index in [1.807, 2.05) is 11.3 Å². The third kappa shape index (κ3) is 2.40. The first-order chi connectivity index (χ1) is 8.74. The third-order valence-corrected chi connectivity index (χ3v) is 5.18. The molecule has 1 heterocycles. The van der Waals surface area contributed by atoms with Crippen LogP contribution in [0, 0.1) is 6.92 Å². The van der Waals surface area contributed by atoms with Gasteiger partial charge >= 0.3 is 0 Å². The molecule has 1 aromatic heterocycles. The van der Waals surface area contributed by atoms with Crippen molar-refractivity contribution in [2.24, 2.45) is 0 Å². The second kappa shape index (κ2) is 5.16. The summed E-state index contributed by atoms with van der Waals surface area (Å²) < 4.78 is 1.19. The molecule has 0 radical (unpaired) electrons. The molecule has 1 unspecified atom stereocenters. The number of benzene rings is 1. The van der Waals surface area contributed by atoms with E-state index in [-0.39, 0.29) is 0 Å². The summed E-state index contributed by atoms with van der Waals surface area (Å²) in [6.07, 6.45) is 2.41. The molecule has 0 aliphatic heterocycles. The van der Waals surface area contributed by atoms with Crippen molar-refractivity contribution in [3.05, 3.63) is 55.7 Å². The SMILES string of the molecule is Cc1ccsc1CNC1CCc2cc(Br)ccc21. The first-order valence-corrected chi connectivity index (χ1v) is 7.96. The normalized spacial score (nSPS) is 18.0. The quantitative estimate of drug-likeness (QED) is 0.871. The Morgan fingerprint density at radius 3 is 3.06 bits per heavy atom. The van der Waals surface area contributed by atoms with Gasteiger partial charge in [-0.15, -0.1) is 11.3 Å². The zero-order valence-corrected chi connectivity index (χ0v) is 12.8. The molecule has 1 aliphatic rings. The largest absolute Gasteiger partial charge is 0.305 e. The first-order valence-electron chi connectivity index (χ1n) is 6.29. The van der Waals surface area contributed by atoms with Gasteiger partial charge in [-0.1, -0.05) is 22.0 Å². The van der Waals surface area contributed by atoms with E-state index in [2.05, 4.69) is 57.8 Å². The molecular weight excluding hydrogens is 306 g/mol. The van der Waals surface area contributed by atoms with Crippen molar-refractivity contribution in [3.63, 3.8) is 0 Å². The molecule has 0 saturated heterocycles. The first kappa shape index (κ1) is 12.4. The lowest BCUT2D eigenvalue weighted by molar-refractivity contribution is 0.532. The minimum absolute atomic E-state index is 0.523. The van der Waals surface area contributed by atoms with Crippen LogP contribution >= 0.6 is 27.3 Å². The van der Waals surface area contributed by atoms with Crippen LogP contribution in [0.25, 0.3) is 0 Å². The van der Waals surface area contributed by atoms with E-state index >= 15 is 0 Å². The number of aryl methyl sites for hydroxylation is 2. The third-order valence-electron chi connectivity index (χ3n) is 3.66. The molecule has 0 amide bonds. The molecule has 3 heteroatoms. The van der Waals surface area contributed by atoms with E-state index in [9.17, 15) is 0 Å². The van der Waals surface area contributed by atoms with Crippen molar-refractivity contribution in [1.82, 2.24) is 5.32 Å². The van der Waals surface area contributed by atoms with E-state index in [4.69, 9.17) is 0 Å². The van der Waals surface area contributed by atoms with Gasteiger partial charge in [0.2, 0.25) is 0 Å². The molecule has 1 N–H and O–H groups in total. The zero-order chi connectivity index (χ0) is 12.5. The fourth-order valence-electron chi connectivity index (χ4n) is 2.60. The molecule has 0 spiro atoms. The van der Waals surface area contributed by atoms with Crippen LogP contribution < -0.4 is 5.32 Å². The number of rotatable bonds is 3. The number of hydrogen-bond donors (Lipinski definition) is 1. The van der Waals surface area contributed by atoms with Gasteiger partial charge in [0.1, 0.15) is 0 Å². The van der Waals surface area contributed by atoms with Gasteiger partial charge in [0.15, 0.2) is 0 Å². The average Bonchev–Trinajstić information content (AvgIpc) is 2.93. The summed E-state index contributed by atoms with van der Waals surface area (Å²) in [4.78, 5) is 1.46. The van der Waals surface area contributed by atoms with Crippen molar-refractivity contribution >= 4 is 27.3 Å². The Bertz CT molecular complexity index is 561. The molecular formula is C15H16BrNS. The van der Waals surface area contributed by atoms with Gasteiger partial charge in [0, 0.05) is 21.9 Å². The molecule has 1 aliphatic carbocycles. The van der Waals surface area contributed by atoms with Gasteiger partial charge in [-0.3, -0.25) is 0 Å². The van der Waals surface area contributed by atoms with Crippen molar-refractivity contribution in [1.29, 1.82) is 0 Å². The minimum Gasteiger partial charge on any atom is -0.305 e. The number of fused-ring (bicyclic) bond motifs is 1. The van der Waals surface area contributed by atoms with Gasteiger partial charge < -0.3 is 5.32 Å². The Balaban J connectivity index is 1.71. The van der Waals surface area contributed by atoms with E-state index in [1.54, 1.807) is 0 Å². The van der Waals surface area contributed by atoms with Crippen LogP contribution in [-0.4, -0.2) is 0 Å². The van der Waals surface area contributed by atoms with Gasteiger partial charge in [-0.05, 0) is 60.0 Å². The van der Waals surface area contributed by atoms with E-state index < -0.39 is 0 Å². The predicted molar refractivity (Wildman–Crippen MR) is 81.1 cm³/mol. The van der Waals surface area contributed by atoms with Crippen LogP contribution in [0.3, 0.4) is 0 Å². The topological polar surface area (TPSA) is 12.0 Å². The summed E-state index contributed by atoms with van der Waals surface area (Å²) in [5.74, 6) is 0. The molecule has 3 rings (SSSR count). The highest BCUT2D eigenvalue weighted by Crippen LogP contribution is 2.33. The van der Waals surface area contributed by atoms with Gasteiger partial charge in [0.05, 0.1) is 0 Å². The molecule has 0 fully saturated rings. The predicted octanol–water partition coefficient (Wildman–Crippen LogP) is 4.60. The molecule has 94 valence electrons. The fourth-order valence-corrected chi connectivity index (χ4v) is 3.86. The smallest absolute Gasteiger partial charge is 0.0329 e. The van der Waals surface area contributed by atoms with Crippen LogP contribution in [0.1, 0.15) is 34.0 Å². The Kier molecular flexibility index (Phi) is 3.55. The molecule has 18 heavy (non-hydrogen) atoms. The summed E-state index contributed by atoms with van der Waals surface area (Å²) in [5.41, 5.74) is 4.37. The molecule has 1 atom stereocenters. The summed E-state index contributed by atoms with van der Waals surface area (Å²) in [6, 6.07) is 9.38. The Hall–Kier alpha value is -0.640. The maximum absolute atomic E-state index is 3.70. The highest BCUT2D eigenvalue weighted by Gasteiger charge is 2.22. The number of nitrogens with one attached hydrogen (secondary N) is 1. The van der Waals surface area contributed by atoms with Crippen LogP contribution in [0.15, 0.2) is 34.1 Å². The van der Waals surface area contributed by atoms with Crippen LogP contribution in [0.4, 0.5) is 0 Å². The van der Waals surface area contributed by atoms with Crippen LogP contribution in [0.5, 0.6) is 0 Å². The van der Waals surface area contributed by atoms with Gasteiger partial charge in [-0.25, -0.2) is 0 Å². The summed E-state index contributed by atoms with van der Waals surface area (Å²) in [5, 5.41) is 5.87. The molecule has 0 saturated carbocycles. The van der Waals surface area contributed by atoms with Crippen LogP contribution in [-0.2, 0) is 13.0 Å². The van der Waals surface area contributed by atoms with Gasteiger partial charge in [0.25, 0.3) is 0 Å². The van der Waals surface area contributed by atoms with E-state index in [0.29, 0.717) is 6.04 Å². The fraction of sp³-hybridized carbons (Fsp3) is 0.333. The Morgan fingerprint density at radius 2 is 2.28 bits per heavy atom. The standard InChI is InChI=1S/C15H16BrNS/c1-10-6-7-18-15(10)9-17-14-5-2-11-8-12(16)3-4-13(11)14/h3-4,6-8,14,17H,2,5,9H2,1H3. The maximum Gasteiger partial charge on any atom is 0.0329 e. The lowest BCUT2D eigenvalue weighted by Gasteiger charge is -2.14. The van der Waals surface area contributed by atoms with Crippen molar-refractivity contribution in [2.75, 3.05) is 0 Å². The molecule has 1 nitrogen and oxygen atoms in total. The minimum atomic E-state index is 0.523. The summed E-state index contributed by atoms with van der Waals surface area (Å²) in [6.45, 7) is 3.18. The highest BCUT2D eigenvalue weighted by atomic mass is 79.9. The maximum atomic E-state index is 3.70. The number of hydrogen-bond acceptors (Lipinski definition) is 2. The average molecular weight is 322 g/mol. The Labute approximate surface area is 120 Å². The zero-order valence-electron chi connectivity index (χ0n) is 10.4. The molecule has 0 bridgehead atoms. The second-order valence-electron chi connectivity index (χ2n) is 4.84. The van der Waals surface area contributed by atoms with E-state index in [1.165, 1.54) is 38.9 Å². The lowest BCUT2D eigenvalue weighted by Crippen LogP contribution is -2.18. The monoisotopic (exact) mass is 321 g/mol. The van der Waals surface area contributed by atoms with Crippen molar-refractivity contribution < 1.29 is 0 Å². The lowest BCUT2D eigenvalue weighted by atomic mass is 10.1. The Morgan fingerprint density at radius 1 is 1.39 bits per heavy atom. The van der Waals surface area contributed by atoms with Crippen LogP contribution in [0.2, 0.25) is 0 Å². The van der Waals surface area contributed by atoms with E-state index in [0.717, 1.165) is 6.54 Å². The van der Waals surface area contributed by atoms with Gasteiger partial charge in [-0.2, -0.15) is 0 Å². The molecule has 2 aromatic rings. The number of halogens is 1. The van der Waals surface area contributed by atoms with Crippen molar-refractivity contribution in [2.45, 2.75) is 32.4 Å². The molecule has 1 aromatic carbocycles. The highest BCUT2D eigenvalue weighted by molar-refractivity contribution is 9.10. The summed E-state index contributed by atoms with van der Waals surface area (Å²) in [7, 11) is 0. The number of thiophene rings is 1.